The van der Waals surface area contributed by atoms with Crippen LogP contribution < -0.4 is 4.74 Å². The van der Waals surface area contributed by atoms with Gasteiger partial charge in [-0.3, -0.25) is 9.69 Å². The van der Waals surface area contributed by atoms with Crippen molar-refractivity contribution in [1.82, 2.24) is 9.80 Å². The molecule has 2 aromatic rings. The number of furan rings is 1. The van der Waals surface area contributed by atoms with E-state index >= 15 is 0 Å². The number of nitrogens with zero attached hydrogens (tertiary/aromatic N) is 2. The molecule has 2 atom stereocenters. The van der Waals surface area contributed by atoms with E-state index in [2.05, 4.69) is 0 Å². The number of piperazine rings is 1. The lowest BCUT2D eigenvalue weighted by atomic mass is 10.1. The highest BCUT2D eigenvalue weighted by molar-refractivity contribution is 7.91. The van der Waals surface area contributed by atoms with Crippen molar-refractivity contribution in [2.45, 2.75) is 12.1 Å². The number of hydrogen-bond acceptors (Lipinski definition) is 6. The molecule has 0 spiro atoms. The van der Waals surface area contributed by atoms with Crippen molar-refractivity contribution in [1.29, 1.82) is 0 Å². The quantitative estimate of drug-likeness (QED) is 0.810. The Morgan fingerprint density at radius 2 is 1.81 bits per heavy atom. The van der Waals surface area contributed by atoms with Gasteiger partial charge < -0.3 is 14.1 Å². The summed E-state index contributed by atoms with van der Waals surface area (Å²) in [6.07, 6.45) is 0. The number of carbonyl (C=O) groups excluding carboxylic acids is 1. The second kappa shape index (κ2) is 6.44. The summed E-state index contributed by atoms with van der Waals surface area (Å²) < 4.78 is 35.2. The molecule has 0 aliphatic carbocycles. The summed E-state index contributed by atoms with van der Waals surface area (Å²) in [7, 11) is -1.23. The molecule has 0 saturated carbocycles. The first kappa shape index (κ1) is 17.1. The van der Waals surface area contributed by atoms with Gasteiger partial charge in [-0.25, -0.2) is 8.42 Å². The fourth-order valence-electron chi connectivity index (χ4n) is 3.61. The molecule has 4 rings (SSSR count). The standard InChI is InChI=1S/C18H20N2O5S/c1-19-9-10-20(15-12-26(22,23)11-14(15)19)18(21)16-7-8-17(25-16)24-13-5-3-2-4-6-13/h2-8,14-15H,9-12H2,1H3/t14-,15+/m0/s1. The summed E-state index contributed by atoms with van der Waals surface area (Å²) in [4.78, 5) is 16.5. The van der Waals surface area contributed by atoms with Gasteiger partial charge in [0, 0.05) is 25.2 Å². The van der Waals surface area contributed by atoms with Gasteiger partial charge >= 0.3 is 0 Å². The van der Waals surface area contributed by atoms with Crippen LogP contribution in [-0.4, -0.2) is 67.9 Å². The van der Waals surface area contributed by atoms with Gasteiger partial charge in [0.2, 0.25) is 0 Å². The zero-order valence-electron chi connectivity index (χ0n) is 14.4. The minimum absolute atomic E-state index is 0.00181. The highest BCUT2D eigenvalue weighted by atomic mass is 32.2. The molecule has 3 heterocycles. The average molecular weight is 376 g/mol. The van der Waals surface area contributed by atoms with Gasteiger partial charge in [0.15, 0.2) is 15.6 Å². The van der Waals surface area contributed by atoms with Gasteiger partial charge in [0.05, 0.1) is 17.5 Å². The molecule has 26 heavy (non-hydrogen) atoms. The van der Waals surface area contributed by atoms with Crippen molar-refractivity contribution in [3.05, 3.63) is 48.2 Å². The average Bonchev–Trinajstić information content (AvgIpc) is 3.19. The summed E-state index contributed by atoms with van der Waals surface area (Å²) in [6, 6.07) is 11.8. The minimum atomic E-state index is -3.14. The molecule has 2 fully saturated rings. The Kier molecular flexibility index (Phi) is 4.24. The molecular weight excluding hydrogens is 356 g/mol. The molecule has 0 unspecified atom stereocenters. The number of rotatable bonds is 3. The van der Waals surface area contributed by atoms with Crippen LogP contribution >= 0.6 is 0 Å². The van der Waals surface area contributed by atoms with Crippen molar-refractivity contribution in [2.24, 2.45) is 0 Å². The summed E-state index contributed by atoms with van der Waals surface area (Å²) in [5, 5.41) is 0. The summed E-state index contributed by atoms with van der Waals surface area (Å²) >= 11 is 0. The number of amides is 1. The number of para-hydroxylation sites is 1. The van der Waals surface area contributed by atoms with E-state index in [1.165, 1.54) is 0 Å². The lowest BCUT2D eigenvalue weighted by molar-refractivity contribution is 0.0379. The maximum absolute atomic E-state index is 12.9. The zero-order chi connectivity index (χ0) is 18.3. The fourth-order valence-corrected chi connectivity index (χ4v) is 5.67. The fraction of sp³-hybridized carbons (Fsp3) is 0.389. The number of hydrogen-bond donors (Lipinski definition) is 0. The molecule has 0 radical (unpaired) electrons. The predicted molar refractivity (Wildman–Crippen MR) is 95.1 cm³/mol. The van der Waals surface area contributed by atoms with Crippen LogP contribution in [-0.2, 0) is 9.84 Å². The van der Waals surface area contributed by atoms with Crippen molar-refractivity contribution in [3.8, 4) is 11.7 Å². The molecular formula is C18H20N2O5S. The number of carbonyl (C=O) groups is 1. The van der Waals surface area contributed by atoms with Gasteiger partial charge in [-0.05, 0) is 25.2 Å². The first-order valence-corrected chi connectivity index (χ1v) is 10.3. The van der Waals surface area contributed by atoms with E-state index in [-0.39, 0.29) is 41.2 Å². The van der Waals surface area contributed by atoms with Gasteiger partial charge in [-0.2, -0.15) is 0 Å². The molecule has 8 heteroatoms. The summed E-state index contributed by atoms with van der Waals surface area (Å²) in [5.74, 6) is 0.795. The molecule has 138 valence electrons. The highest BCUT2D eigenvalue weighted by Crippen LogP contribution is 2.29. The van der Waals surface area contributed by atoms with Crippen molar-refractivity contribution >= 4 is 15.7 Å². The van der Waals surface area contributed by atoms with Crippen LogP contribution in [0.4, 0.5) is 0 Å². The number of fused-ring (bicyclic) bond motifs is 1. The first-order chi connectivity index (χ1) is 12.4. The third kappa shape index (κ3) is 3.22. The first-order valence-electron chi connectivity index (χ1n) is 8.47. The largest absolute Gasteiger partial charge is 0.426 e. The van der Waals surface area contributed by atoms with Crippen LogP contribution in [0.1, 0.15) is 10.6 Å². The van der Waals surface area contributed by atoms with Crippen molar-refractivity contribution in [3.63, 3.8) is 0 Å². The maximum atomic E-state index is 12.9. The van der Waals surface area contributed by atoms with Crippen LogP contribution in [0.2, 0.25) is 0 Å². The number of sulfone groups is 1. The molecule has 2 saturated heterocycles. The molecule has 0 bridgehead atoms. The van der Waals surface area contributed by atoms with E-state index in [4.69, 9.17) is 9.15 Å². The van der Waals surface area contributed by atoms with E-state index in [1.54, 1.807) is 29.2 Å². The Morgan fingerprint density at radius 1 is 1.08 bits per heavy atom. The Balaban J connectivity index is 1.52. The number of likely N-dealkylation sites (N-methyl/N-ethyl adjacent to an activating group) is 1. The van der Waals surface area contributed by atoms with Crippen LogP contribution in [0.25, 0.3) is 0 Å². The van der Waals surface area contributed by atoms with Crippen molar-refractivity contribution < 1.29 is 22.4 Å². The van der Waals surface area contributed by atoms with Crippen LogP contribution in [0.5, 0.6) is 11.7 Å². The summed E-state index contributed by atoms with van der Waals surface area (Å²) in [5.41, 5.74) is 0. The van der Waals surface area contributed by atoms with Crippen molar-refractivity contribution in [2.75, 3.05) is 31.6 Å². The van der Waals surface area contributed by atoms with E-state index in [1.807, 2.05) is 30.1 Å². The second-order valence-corrected chi connectivity index (χ2v) is 8.88. The van der Waals surface area contributed by atoms with E-state index in [0.717, 1.165) is 0 Å². The third-order valence-corrected chi connectivity index (χ3v) is 6.67. The van der Waals surface area contributed by atoms with Gasteiger partial charge in [-0.1, -0.05) is 18.2 Å². The van der Waals surface area contributed by atoms with Crippen LogP contribution in [0, 0.1) is 0 Å². The lowest BCUT2D eigenvalue weighted by Gasteiger charge is -2.41. The maximum Gasteiger partial charge on any atom is 0.290 e. The number of benzene rings is 1. The van der Waals surface area contributed by atoms with Gasteiger partial charge in [0.25, 0.3) is 11.9 Å². The zero-order valence-corrected chi connectivity index (χ0v) is 15.2. The molecule has 2 aliphatic rings. The lowest BCUT2D eigenvalue weighted by Crippen LogP contribution is -2.59. The normalized spacial score (nSPS) is 25.0. The van der Waals surface area contributed by atoms with E-state index in [9.17, 15) is 13.2 Å². The van der Waals surface area contributed by atoms with E-state index < -0.39 is 9.84 Å². The van der Waals surface area contributed by atoms with Crippen LogP contribution in [0.3, 0.4) is 0 Å². The number of ether oxygens (including phenoxy) is 1. The molecule has 7 nitrogen and oxygen atoms in total. The Morgan fingerprint density at radius 3 is 2.58 bits per heavy atom. The van der Waals surface area contributed by atoms with Gasteiger partial charge in [-0.15, -0.1) is 0 Å². The topological polar surface area (TPSA) is 80.1 Å². The van der Waals surface area contributed by atoms with Crippen LogP contribution in [0.15, 0.2) is 46.9 Å². The monoisotopic (exact) mass is 376 g/mol. The highest BCUT2D eigenvalue weighted by Gasteiger charge is 2.47. The molecule has 1 aromatic heterocycles. The molecule has 1 aromatic carbocycles. The molecule has 2 aliphatic heterocycles. The third-order valence-electron chi connectivity index (χ3n) is 4.97. The Bertz CT molecular complexity index is 909. The summed E-state index contributed by atoms with van der Waals surface area (Å²) in [6.45, 7) is 1.11. The smallest absolute Gasteiger partial charge is 0.290 e. The molecule has 1 amide bonds. The SMILES string of the molecule is CN1CCN(C(=O)c2ccc(Oc3ccccc3)o2)[C@@H]2CS(=O)(=O)C[C@@H]21. The minimum Gasteiger partial charge on any atom is -0.426 e. The second-order valence-electron chi connectivity index (χ2n) is 6.72. The Labute approximate surface area is 152 Å². The predicted octanol–water partition coefficient (Wildman–Crippen LogP) is 1.63. The Hall–Kier alpha value is -2.32. The molecule has 0 N–H and O–H groups in total. The van der Waals surface area contributed by atoms with Gasteiger partial charge in [0.1, 0.15) is 5.75 Å². The van der Waals surface area contributed by atoms with E-state index in [0.29, 0.717) is 18.8 Å².